The SMILES string of the molecule is CCOCCCNC(=NCC(=O)N(C)C)NCCCN(CC)c1ccccc1.I. The molecule has 0 fully saturated rings. The van der Waals surface area contributed by atoms with Gasteiger partial charge in [-0.25, -0.2) is 4.99 Å². The smallest absolute Gasteiger partial charge is 0.243 e. The fourth-order valence-electron chi connectivity index (χ4n) is 2.57. The number of carbonyl (C=O) groups is 1. The number of para-hydroxylation sites is 1. The number of nitrogens with zero attached hydrogens (tertiary/aromatic N) is 3. The van der Waals surface area contributed by atoms with Crippen LogP contribution in [-0.4, -0.2) is 76.8 Å². The summed E-state index contributed by atoms with van der Waals surface area (Å²) < 4.78 is 5.36. The minimum absolute atomic E-state index is 0. The molecule has 0 atom stereocenters. The number of rotatable bonds is 13. The van der Waals surface area contributed by atoms with E-state index >= 15 is 0 Å². The number of benzene rings is 1. The van der Waals surface area contributed by atoms with Gasteiger partial charge in [-0.2, -0.15) is 0 Å². The fraction of sp³-hybridized carbons (Fsp3) is 0.619. The van der Waals surface area contributed by atoms with Crippen LogP contribution < -0.4 is 15.5 Å². The zero-order chi connectivity index (χ0) is 20.6. The molecular formula is C21H38IN5O2. The van der Waals surface area contributed by atoms with Crippen molar-refractivity contribution in [3.63, 3.8) is 0 Å². The van der Waals surface area contributed by atoms with E-state index in [2.05, 4.69) is 51.7 Å². The van der Waals surface area contributed by atoms with Crippen LogP contribution in [0.25, 0.3) is 0 Å². The van der Waals surface area contributed by atoms with Crippen molar-refractivity contribution < 1.29 is 9.53 Å². The van der Waals surface area contributed by atoms with Crippen molar-refractivity contribution in [3.8, 4) is 0 Å². The van der Waals surface area contributed by atoms with Gasteiger partial charge in [0.15, 0.2) is 5.96 Å². The van der Waals surface area contributed by atoms with Crippen molar-refractivity contribution in [2.75, 3.05) is 64.9 Å². The summed E-state index contributed by atoms with van der Waals surface area (Å²) in [6.07, 6.45) is 1.87. The Bertz CT molecular complexity index is 569. The van der Waals surface area contributed by atoms with Gasteiger partial charge in [-0.05, 0) is 38.8 Å². The molecule has 0 aromatic heterocycles. The second kappa shape index (κ2) is 17.3. The van der Waals surface area contributed by atoms with E-state index in [1.165, 1.54) is 5.69 Å². The Morgan fingerprint density at radius 1 is 1.07 bits per heavy atom. The predicted molar refractivity (Wildman–Crippen MR) is 132 cm³/mol. The Morgan fingerprint density at radius 3 is 2.31 bits per heavy atom. The van der Waals surface area contributed by atoms with Gasteiger partial charge in [0.05, 0.1) is 0 Å². The summed E-state index contributed by atoms with van der Waals surface area (Å²) in [5.74, 6) is 0.658. The van der Waals surface area contributed by atoms with Gasteiger partial charge in [0.2, 0.25) is 5.91 Å². The first-order chi connectivity index (χ1) is 13.6. The average molecular weight is 519 g/mol. The van der Waals surface area contributed by atoms with Crippen LogP contribution in [0.4, 0.5) is 5.69 Å². The second-order valence-electron chi connectivity index (χ2n) is 6.63. The number of carbonyl (C=O) groups excluding carboxylic acids is 1. The standard InChI is InChI=1S/C21H37N5O2.HI/c1-5-26(19-12-8-7-9-13-19)16-10-14-22-21(23-15-11-17-28-6-2)24-18-20(27)25(3)4;/h7-9,12-13H,5-6,10-11,14-18H2,1-4H3,(H2,22,23,24);1H. The summed E-state index contributed by atoms with van der Waals surface area (Å²) in [4.78, 5) is 20.1. The molecule has 0 aliphatic carbocycles. The number of anilines is 1. The maximum Gasteiger partial charge on any atom is 0.243 e. The number of hydrogen-bond donors (Lipinski definition) is 2. The van der Waals surface area contributed by atoms with Gasteiger partial charge in [0.25, 0.3) is 0 Å². The molecule has 166 valence electrons. The summed E-state index contributed by atoms with van der Waals surface area (Å²) in [6, 6.07) is 10.4. The van der Waals surface area contributed by atoms with Gasteiger partial charge in [-0.3, -0.25) is 4.79 Å². The van der Waals surface area contributed by atoms with Crippen LogP contribution in [0.1, 0.15) is 26.7 Å². The summed E-state index contributed by atoms with van der Waals surface area (Å²) in [5, 5.41) is 6.62. The number of ether oxygens (including phenoxy) is 1. The molecule has 0 radical (unpaired) electrons. The fourth-order valence-corrected chi connectivity index (χ4v) is 2.57. The van der Waals surface area contributed by atoms with Crippen LogP contribution in [0.5, 0.6) is 0 Å². The zero-order valence-corrected chi connectivity index (χ0v) is 20.6. The highest BCUT2D eigenvalue weighted by molar-refractivity contribution is 14.0. The van der Waals surface area contributed by atoms with E-state index in [0.29, 0.717) is 5.96 Å². The summed E-state index contributed by atoms with van der Waals surface area (Å²) in [7, 11) is 3.48. The Kier molecular flexibility index (Phi) is 16.4. The zero-order valence-electron chi connectivity index (χ0n) is 18.3. The summed E-state index contributed by atoms with van der Waals surface area (Å²) >= 11 is 0. The highest BCUT2D eigenvalue weighted by Gasteiger charge is 2.06. The van der Waals surface area contributed by atoms with Crippen molar-refractivity contribution >= 4 is 41.5 Å². The molecule has 2 N–H and O–H groups in total. The van der Waals surface area contributed by atoms with Crippen LogP contribution in [0.15, 0.2) is 35.3 Å². The lowest BCUT2D eigenvalue weighted by Crippen LogP contribution is -2.40. The number of guanidine groups is 1. The Hall–Kier alpha value is -1.55. The third-order valence-electron chi connectivity index (χ3n) is 4.23. The lowest BCUT2D eigenvalue weighted by Gasteiger charge is -2.23. The molecule has 0 unspecified atom stereocenters. The van der Waals surface area contributed by atoms with Crippen LogP contribution in [-0.2, 0) is 9.53 Å². The quantitative estimate of drug-likeness (QED) is 0.182. The lowest BCUT2D eigenvalue weighted by molar-refractivity contribution is -0.127. The van der Waals surface area contributed by atoms with E-state index in [-0.39, 0.29) is 36.4 Å². The molecule has 0 saturated heterocycles. The molecule has 0 heterocycles. The first kappa shape index (κ1) is 27.5. The number of halogens is 1. The van der Waals surface area contributed by atoms with E-state index in [1.807, 2.05) is 13.0 Å². The average Bonchev–Trinajstić information content (AvgIpc) is 2.71. The third kappa shape index (κ3) is 12.6. The Balaban J connectivity index is 0.00000784. The molecule has 0 bridgehead atoms. The van der Waals surface area contributed by atoms with Crippen molar-refractivity contribution in [2.24, 2.45) is 4.99 Å². The van der Waals surface area contributed by atoms with E-state index in [1.54, 1.807) is 19.0 Å². The minimum Gasteiger partial charge on any atom is -0.382 e. The van der Waals surface area contributed by atoms with Crippen molar-refractivity contribution in [1.29, 1.82) is 0 Å². The second-order valence-corrected chi connectivity index (χ2v) is 6.63. The summed E-state index contributed by atoms with van der Waals surface area (Å²) in [5.41, 5.74) is 1.24. The molecule has 29 heavy (non-hydrogen) atoms. The van der Waals surface area contributed by atoms with E-state index in [9.17, 15) is 4.79 Å². The van der Waals surface area contributed by atoms with Gasteiger partial charge in [-0.15, -0.1) is 24.0 Å². The predicted octanol–water partition coefficient (Wildman–Crippen LogP) is 2.57. The highest BCUT2D eigenvalue weighted by atomic mass is 127. The van der Waals surface area contributed by atoms with Gasteiger partial charge >= 0.3 is 0 Å². The Morgan fingerprint density at radius 2 is 1.72 bits per heavy atom. The number of nitrogens with one attached hydrogen (secondary N) is 2. The van der Waals surface area contributed by atoms with Gasteiger partial charge < -0.3 is 25.2 Å². The molecule has 0 saturated carbocycles. The van der Waals surface area contributed by atoms with Crippen LogP contribution in [0.2, 0.25) is 0 Å². The molecule has 0 aliphatic heterocycles. The molecule has 0 aliphatic rings. The van der Waals surface area contributed by atoms with Gasteiger partial charge in [0.1, 0.15) is 6.54 Å². The highest BCUT2D eigenvalue weighted by Crippen LogP contribution is 2.12. The van der Waals surface area contributed by atoms with Crippen LogP contribution in [0.3, 0.4) is 0 Å². The first-order valence-electron chi connectivity index (χ1n) is 10.2. The van der Waals surface area contributed by atoms with Crippen LogP contribution in [0, 0.1) is 0 Å². The monoisotopic (exact) mass is 519 g/mol. The van der Waals surface area contributed by atoms with Crippen molar-refractivity contribution in [2.45, 2.75) is 26.7 Å². The van der Waals surface area contributed by atoms with E-state index in [0.717, 1.165) is 52.2 Å². The number of amides is 1. The van der Waals surface area contributed by atoms with Gasteiger partial charge in [-0.1, -0.05) is 18.2 Å². The molecule has 1 aromatic rings. The molecule has 7 nitrogen and oxygen atoms in total. The maximum atomic E-state index is 11.8. The maximum absolute atomic E-state index is 11.8. The largest absolute Gasteiger partial charge is 0.382 e. The molecular weight excluding hydrogens is 481 g/mol. The lowest BCUT2D eigenvalue weighted by atomic mass is 10.2. The van der Waals surface area contributed by atoms with E-state index in [4.69, 9.17) is 4.74 Å². The van der Waals surface area contributed by atoms with Crippen molar-refractivity contribution in [3.05, 3.63) is 30.3 Å². The van der Waals surface area contributed by atoms with Crippen molar-refractivity contribution in [1.82, 2.24) is 15.5 Å². The normalized spacial score (nSPS) is 10.8. The van der Waals surface area contributed by atoms with Gasteiger partial charge in [0, 0.05) is 59.2 Å². The topological polar surface area (TPSA) is 69.2 Å². The summed E-state index contributed by atoms with van der Waals surface area (Å²) in [6.45, 7) is 9.22. The number of likely N-dealkylation sites (N-methyl/N-ethyl adjacent to an activating group) is 1. The number of hydrogen-bond acceptors (Lipinski definition) is 4. The minimum atomic E-state index is -0.0170. The number of aliphatic imine (C=N–C) groups is 1. The third-order valence-corrected chi connectivity index (χ3v) is 4.23. The molecule has 1 amide bonds. The molecule has 8 heteroatoms. The Labute approximate surface area is 193 Å². The first-order valence-corrected chi connectivity index (χ1v) is 10.2. The molecule has 0 spiro atoms. The van der Waals surface area contributed by atoms with E-state index < -0.39 is 0 Å². The molecule has 1 aromatic carbocycles. The molecule has 1 rings (SSSR count). The van der Waals surface area contributed by atoms with Crippen LogP contribution >= 0.6 is 24.0 Å².